The van der Waals surface area contributed by atoms with Crippen LogP contribution in [-0.4, -0.2) is 57.4 Å². The zero-order valence-electron chi connectivity index (χ0n) is 29.9. The molecule has 1 saturated heterocycles. The molecule has 0 spiro atoms. The molecule has 272 valence electrons. The fourth-order valence-corrected chi connectivity index (χ4v) is 7.42. The number of esters is 1. The lowest BCUT2D eigenvalue weighted by Crippen LogP contribution is -2.26. The van der Waals surface area contributed by atoms with E-state index < -0.39 is 17.7 Å². The highest BCUT2D eigenvalue weighted by Gasteiger charge is 2.60. The van der Waals surface area contributed by atoms with Gasteiger partial charge in [-0.15, -0.1) is 0 Å². The second-order valence-electron chi connectivity index (χ2n) is 12.7. The van der Waals surface area contributed by atoms with Crippen molar-refractivity contribution in [3.05, 3.63) is 93.0 Å². The maximum Gasteiger partial charge on any atom is 0.309 e. The number of aromatic nitrogens is 4. The third-order valence-electron chi connectivity index (χ3n) is 9.68. The molecule has 2 atom stereocenters. The number of ether oxygens (including phenoxy) is 2. The molecule has 7 rings (SSSR count). The molecule has 1 aliphatic heterocycles. The van der Waals surface area contributed by atoms with E-state index in [1.54, 1.807) is 13.2 Å². The number of benzene rings is 2. The number of hydrogen-bond acceptors (Lipinski definition) is 9. The SMILES string of the molecule is CC.CCOC(=O)C1C2CN(Cc3ccc(-c4cccc(-c5cccc(Nc6nc(C(F)F)cc7cnn(C)c(=O)c67)c5C)c4Cl)nc3OC)CC21. The Labute approximate surface area is 305 Å². The average molecular weight is 731 g/mol. The number of pyridine rings is 2. The summed E-state index contributed by atoms with van der Waals surface area (Å²) in [7, 11) is 3.08. The van der Waals surface area contributed by atoms with Crippen molar-refractivity contribution in [2.24, 2.45) is 24.8 Å². The van der Waals surface area contributed by atoms with Crippen LogP contribution in [0.5, 0.6) is 5.88 Å². The van der Waals surface area contributed by atoms with Crippen molar-refractivity contribution in [2.45, 2.75) is 40.7 Å². The number of anilines is 2. The van der Waals surface area contributed by atoms with Crippen molar-refractivity contribution in [2.75, 3.05) is 32.1 Å². The van der Waals surface area contributed by atoms with E-state index in [1.807, 2.05) is 70.2 Å². The molecule has 0 amide bonds. The zero-order valence-corrected chi connectivity index (χ0v) is 30.7. The molecule has 52 heavy (non-hydrogen) atoms. The van der Waals surface area contributed by atoms with Gasteiger partial charge in [0.2, 0.25) is 5.88 Å². The summed E-state index contributed by atoms with van der Waals surface area (Å²) in [6.07, 6.45) is -1.47. The van der Waals surface area contributed by atoms with E-state index in [-0.39, 0.29) is 28.5 Å². The van der Waals surface area contributed by atoms with Crippen LogP contribution in [0.3, 0.4) is 0 Å². The van der Waals surface area contributed by atoms with E-state index in [0.29, 0.717) is 52.8 Å². The molecule has 0 bridgehead atoms. The molecular formula is C39H41ClF2N6O4. The van der Waals surface area contributed by atoms with Gasteiger partial charge in [0, 0.05) is 54.4 Å². The first kappa shape index (κ1) is 36.8. The van der Waals surface area contributed by atoms with E-state index in [4.69, 9.17) is 26.1 Å². The summed E-state index contributed by atoms with van der Waals surface area (Å²) in [5, 5.41) is 8.02. The lowest BCUT2D eigenvalue weighted by atomic mass is 9.96. The smallest absolute Gasteiger partial charge is 0.309 e. The number of halogens is 3. The number of likely N-dealkylation sites (tertiary alicyclic amines) is 1. The van der Waals surface area contributed by atoms with Crippen molar-refractivity contribution < 1.29 is 23.0 Å². The number of fused-ring (bicyclic) bond motifs is 2. The van der Waals surface area contributed by atoms with Crippen LogP contribution in [0.4, 0.5) is 20.3 Å². The van der Waals surface area contributed by atoms with E-state index in [0.717, 1.165) is 40.0 Å². The maximum absolute atomic E-state index is 13.8. The predicted octanol–water partition coefficient (Wildman–Crippen LogP) is 7.98. The van der Waals surface area contributed by atoms with Crippen LogP contribution in [0.25, 0.3) is 33.2 Å². The van der Waals surface area contributed by atoms with Crippen molar-refractivity contribution in [1.29, 1.82) is 0 Å². The Kier molecular flexibility index (Phi) is 10.9. The molecule has 1 aliphatic carbocycles. The van der Waals surface area contributed by atoms with Crippen molar-refractivity contribution in [3.63, 3.8) is 0 Å². The Bertz CT molecular complexity index is 2180. The summed E-state index contributed by atoms with van der Waals surface area (Å²) in [5.41, 5.74) is 4.23. The van der Waals surface area contributed by atoms with E-state index in [2.05, 4.69) is 20.3 Å². The number of alkyl halides is 2. The van der Waals surface area contributed by atoms with Gasteiger partial charge in [0.05, 0.1) is 41.9 Å². The number of hydrogen-bond donors (Lipinski definition) is 1. The Morgan fingerprint density at radius 2 is 1.73 bits per heavy atom. The Morgan fingerprint density at radius 1 is 1.04 bits per heavy atom. The van der Waals surface area contributed by atoms with Gasteiger partial charge in [-0.1, -0.05) is 61.8 Å². The van der Waals surface area contributed by atoms with E-state index in [9.17, 15) is 18.4 Å². The molecule has 5 aromatic rings. The highest BCUT2D eigenvalue weighted by molar-refractivity contribution is 6.36. The summed E-state index contributed by atoms with van der Waals surface area (Å²) in [4.78, 5) is 36.5. The summed E-state index contributed by atoms with van der Waals surface area (Å²) in [5.74, 6) is 1.13. The second-order valence-corrected chi connectivity index (χ2v) is 13.0. The summed E-state index contributed by atoms with van der Waals surface area (Å²) >= 11 is 7.10. The summed E-state index contributed by atoms with van der Waals surface area (Å²) < 4.78 is 39.6. The molecule has 2 unspecified atom stereocenters. The van der Waals surface area contributed by atoms with Gasteiger partial charge in [0.1, 0.15) is 11.5 Å². The molecular weight excluding hydrogens is 690 g/mol. The van der Waals surface area contributed by atoms with Crippen molar-refractivity contribution in [1.82, 2.24) is 24.6 Å². The van der Waals surface area contributed by atoms with Gasteiger partial charge in [0.15, 0.2) is 0 Å². The van der Waals surface area contributed by atoms with Gasteiger partial charge in [-0.05, 0) is 55.0 Å². The zero-order chi connectivity index (χ0) is 37.3. The number of piperidine rings is 1. The lowest BCUT2D eigenvalue weighted by Gasteiger charge is -2.20. The number of methoxy groups -OCH3 is 1. The maximum atomic E-state index is 13.8. The van der Waals surface area contributed by atoms with Crippen LogP contribution >= 0.6 is 11.6 Å². The Balaban J connectivity index is 0.00000228. The second kappa shape index (κ2) is 15.3. The molecule has 2 fully saturated rings. The molecule has 2 aromatic carbocycles. The first-order valence-corrected chi connectivity index (χ1v) is 17.7. The van der Waals surface area contributed by atoms with Gasteiger partial charge in [-0.2, -0.15) is 5.10 Å². The fourth-order valence-electron chi connectivity index (χ4n) is 7.09. The molecule has 10 nitrogen and oxygen atoms in total. The average Bonchev–Trinajstić information content (AvgIpc) is 3.66. The van der Waals surface area contributed by atoms with E-state index in [1.165, 1.54) is 19.3 Å². The Morgan fingerprint density at radius 3 is 2.42 bits per heavy atom. The molecule has 0 radical (unpaired) electrons. The van der Waals surface area contributed by atoms with Gasteiger partial charge in [0.25, 0.3) is 12.0 Å². The largest absolute Gasteiger partial charge is 0.481 e. The number of aryl methyl sites for hydroxylation is 1. The van der Waals surface area contributed by atoms with Gasteiger partial charge >= 0.3 is 5.97 Å². The first-order chi connectivity index (χ1) is 25.1. The first-order valence-electron chi connectivity index (χ1n) is 17.3. The minimum atomic E-state index is -2.84. The van der Waals surface area contributed by atoms with Gasteiger partial charge < -0.3 is 14.8 Å². The molecule has 1 saturated carbocycles. The molecule has 2 aliphatic rings. The summed E-state index contributed by atoms with van der Waals surface area (Å²) in [6, 6.07) is 16.3. The number of carbonyl (C=O) groups excluding carboxylic acids is 1. The van der Waals surface area contributed by atoms with Gasteiger partial charge in [-0.3, -0.25) is 14.5 Å². The number of nitrogens with one attached hydrogen (secondary N) is 1. The highest BCUT2D eigenvalue weighted by atomic mass is 35.5. The van der Waals surface area contributed by atoms with Crippen molar-refractivity contribution in [3.8, 4) is 28.3 Å². The number of nitrogens with zero attached hydrogens (tertiary/aromatic N) is 5. The third-order valence-corrected chi connectivity index (χ3v) is 10.1. The minimum absolute atomic E-state index is 0.0158. The van der Waals surface area contributed by atoms with Crippen LogP contribution in [0.15, 0.2) is 65.6 Å². The Hall–Kier alpha value is -4.94. The summed E-state index contributed by atoms with van der Waals surface area (Å²) in [6.45, 7) is 10.4. The molecule has 4 heterocycles. The topological polar surface area (TPSA) is 111 Å². The fraction of sp³-hybridized carbons (Fsp3) is 0.359. The monoisotopic (exact) mass is 730 g/mol. The van der Waals surface area contributed by atoms with Crippen molar-refractivity contribution >= 4 is 39.8 Å². The standard InChI is InChI=1S/C37H35ClF2N6O4.C2H6/c1-5-50-37(48)31-25-17-46(18-26(25)31)16-20-12-13-28(44-35(20)49-4)24-10-6-9-23(32(24)38)22-8-7-11-27(19(22)2)42-34-30-21(14-29(43-34)33(39)40)15-41-45(3)36(30)47;1-2/h6-15,25-26,31,33H,5,16-18H2,1-4H3,(H,42,43);1-2H3. The molecule has 3 aromatic heterocycles. The van der Waals surface area contributed by atoms with Crippen LogP contribution in [0.2, 0.25) is 5.02 Å². The number of carbonyl (C=O) groups is 1. The van der Waals surface area contributed by atoms with E-state index >= 15 is 0 Å². The van der Waals surface area contributed by atoms with Crippen LogP contribution < -0.4 is 15.6 Å². The highest BCUT2D eigenvalue weighted by Crippen LogP contribution is 2.52. The normalized spacial score (nSPS) is 17.8. The van der Waals surface area contributed by atoms with Crippen LogP contribution in [-0.2, 0) is 23.1 Å². The van der Waals surface area contributed by atoms with Crippen LogP contribution in [0, 0.1) is 24.7 Å². The minimum Gasteiger partial charge on any atom is -0.481 e. The lowest BCUT2D eigenvalue weighted by molar-refractivity contribution is -0.145. The molecule has 13 heteroatoms. The predicted molar refractivity (Wildman–Crippen MR) is 198 cm³/mol. The third kappa shape index (κ3) is 6.97. The molecule has 1 N–H and O–H groups in total. The van der Waals surface area contributed by atoms with Gasteiger partial charge in [-0.25, -0.2) is 23.4 Å². The van der Waals surface area contributed by atoms with Crippen LogP contribution in [0.1, 0.15) is 44.0 Å². The quantitative estimate of drug-likeness (QED) is 0.143. The number of rotatable bonds is 10.